The molecular formula is C19H20N4O3. The Morgan fingerprint density at radius 1 is 1.35 bits per heavy atom. The Bertz CT molecular complexity index is 875. The average Bonchev–Trinajstić information content (AvgIpc) is 2.63. The first-order chi connectivity index (χ1) is 12.7. The monoisotopic (exact) mass is 352 g/mol. The molecule has 2 saturated heterocycles. The van der Waals surface area contributed by atoms with Crippen molar-refractivity contribution in [3.8, 4) is 6.07 Å². The predicted molar refractivity (Wildman–Crippen MR) is 95.8 cm³/mol. The molecule has 0 spiro atoms. The molecule has 134 valence electrons. The van der Waals surface area contributed by atoms with E-state index in [1.807, 2.05) is 25.1 Å². The van der Waals surface area contributed by atoms with Gasteiger partial charge in [-0.1, -0.05) is 0 Å². The van der Waals surface area contributed by atoms with Gasteiger partial charge in [0.1, 0.15) is 6.07 Å². The highest BCUT2D eigenvalue weighted by Gasteiger charge is 2.33. The topological polar surface area (TPSA) is 87.5 Å². The van der Waals surface area contributed by atoms with E-state index in [4.69, 9.17) is 9.47 Å². The number of amides is 1. The summed E-state index contributed by atoms with van der Waals surface area (Å²) in [6.45, 7) is 4.21. The second-order valence-corrected chi connectivity index (χ2v) is 6.73. The van der Waals surface area contributed by atoms with Crippen LogP contribution in [0, 0.1) is 11.3 Å². The minimum Gasteiger partial charge on any atom is -0.377 e. The van der Waals surface area contributed by atoms with Crippen LogP contribution in [0.1, 0.15) is 12.5 Å². The van der Waals surface area contributed by atoms with E-state index in [-0.39, 0.29) is 18.1 Å². The number of pyridine rings is 1. The maximum Gasteiger partial charge on any atom is 0.251 e. The Balaban J connectivity index is 1.61. The van der Waals surface area contributed by atoms with Crippen LogP contribution in [-0.2, 0) is 14.3 Å². The lowest BCUT2D eigenvalue weighted by atomic mass is 10.1. The van der Waals surface area contributed by atoms with Crippen molar-refractivity contribution in [1.29, 1.82) is 5.26 Å². The van der Waals surface area contributed by atoms with E-state index in [1.165, 1.54) is 0 Å². The number of hydrogen-bond acceptors (Lipinski definition) is 6. The van der Waals surface area contributed by atoms with Crippen LogP contribution in [0.3, 0.4) is 0 Å². The molecule has 2 aromatic rings. The van der Waals surface area contributed by atoms with Gasteiger partial charge in [0.15, 0.2) is 6.10 Å². The average molecular weight is 352 g/mol. The maximum absolute atomic E-state index is 12.5. The largest absolute Gasteiger partial charge is 0.377 e. The van der Waals surface area contributed by atoms with Crippen LogP contribution in [0.2, 0.25) is 0 Å². The molecule has 2 atom stereocenters. The summed E-state index contributed by atoms with van der Waals surface area (Å²) in [4.78, 5) is 19.0. The van der Waals surface area contributed by atoms with Gasteiger partial charge in [-0.05, 0) is 31.2 Å². The van der Waals surface area contributed by atoms with Gasteiger partial charge < -0.3 is 19.7 Å². The number of fused-ring (bicyclic) bond motifs is 1. The van der Waals surface area contributed by atoms with E-state index in [0.29, 0.717) is 37.4 Å². The van der Waals surface area contributed by atoms with Crippen molar-refractivity contribution < 1.29 is 14.3 Å². The fourth-order valence-corrected chi connectivity index (χ4v) is 3.43. The molecule has 1 aromatic carbocycles. The Labute approximate surface area is 151 Å². The lowest BCUT2D eigenvalue weighted by Crippen LogP contribution is -2.57. The zero-order valence-electron chi connectivity index (χ0n) is 14.5. The van der Waals surface area contributed by atoms with Gasteiger partial charge in [0, 0.05) is 23.8 Å². The first kappa shape index (κ1) is 16.8. The summed E-state index contributed by atoms with van der Waals surface area (Å²) in [5.41, 5.74) is 2.19. The van der Waals surface area contributed by atoms with Gasteiger partial charge in [-0.25, -0.2) is 0 Å². The number of nitrogens with one attached hydrogen (secondary N) is 1. The zero-order chi connectivity index (χ0) is 18.1. The van der Waals surface area contributed by atoms with E-state index >= 15 is 0 Å². The third kappa shape index (κ3) is 3.09. The smallest absolute Gasteiger partial charge is 0.251 e. The van der Waals surface area contributed by atoms with Gasteiger partial charge in [0.25, 0.3) is 5.91 Å². The van der Waals surface area contributed by atoms with Gasteiger partial charge in [-0.3, -0.25) is 9.78 Å². The summed E-state index contributed by atoms with van der Waals surface area (Å²) in [6.07, 6.45) is 1.06. The fraction of sp³-hybridized carbons (Fsp3) is 0.421. The van der Waals surface area contributed by atoms with Gasteiger partial charge in [0.2, 0.25) is 0 Å². The van der Waals surface area contributed by atoms with E-state index in [2.05, 4.69) is 21.3 Å². The maximum atomic E-state index is 12.5. The van der Waals surface area contributed by atoms with Crippen molar-refractivity contribution >= 4 is 22.5 Å². The molecule has 3 heterocycles. The molecule has 0 radical (unpaired) electrons. The van der Waals surface area contributed by atoms with Crippen molar-refractivity contribution in [2.24, 2.45) is 0 Å². The molecule has 7 nitrogen and oxygen atoms in total. The lowest BCUT2D eigenvalue weighted by Gasteiger charge is -2.39. The highest BCUT2D eigenvalue weighted by atomic mass is 16.5. The first-order valence-corrected chi connectivity index (χ1v) is 8.72. The van der Waals surface area contributed by atoms with Gasteiger partial charge >= 0.3 is 0 Å². The number of hydrogen-bond donors (Lipinski definition) is 1. The molecule has 1 N–H and O–H groups in total. The third-order valence-electron chi connectivity index (χ3n) is 4.74. The van der Waals surface area contributed by atoms with Crippen LogP contribution < -0.4 is 10.2 Å². The summed E-state index contributed by atoms with van der Waals surface area (Å²) in [5.74, 6) is -0.106. The second-order valence-electron chi connectivity index (χ2n) is 6.73. The van der Waals surface area contributed by atoms with Gasteiger partial charge in [-0.15, -0.1) is 0 Å². The first-order valence-electron chi connectivity index (χ1n) is 8.72. The van der Waals surface area contributed by atoms with Crippen LogP contribution >= 0.6 is 0 Å². The molecule has 4 rings (SSSR count). The number of carbonyl (C=O) groups is 1. The van der Waals surface area contributed by atoms with Crippen LogP contribution in [0.5, 0.6) is 0 Å². The molecule has 7 heteroatoms. The highest BCUT2D eigenvalue weighted by molar-refractivity contribution is 5.95. The normalized spacial score (nSPS) is 23.3. The van der Waals surface area contributed by atoms with Gasteiger partial charge in [0.05, 0.1) is 43.0 Å². The second kappa shape index (κ2) is 6.90. The number of morpholine rings is 1. The number of ether oxygens (including phenoxy) is 2. The minimum atomic E-state index is -0.540. The number of nitrogens with zero attached hydrogens (tertiary/aromatic N) is 3. The molecule has 1 amide bonds. The molecule has 0 aliphatic carbocycles. The van der Waals surface area contributed by atoms with Crippen LogP contribution in [-0.4, -0.2) is 55.4 Å². The summed E-state index contributed by atoms with van der Waals surface area (Å²) in [5, 5.41) is 13.2. The van der Waals surface area contributed by atoms with Crippen molar-refractivity contribution in [2.45, 2.75) is 25.2 Å². The van der Waals surface area contributed by atoms with E-state index in [1.54, 1.807) is 12.3 Å². The molecule has 2 fully saturated rings. The number of carbonyl (C=O) groups excluding carboxylic acids is 1. The predicted octanol–water partition coefficient (Wildman–Crippen LogP) is 1.22. The van der Waals surface area contributed by atoms with E-state index in [9.17, 15) is 10.1 Å². The summed E-state index contributed by atoms with van der Waals surface area (Å²) >= 11 is 0. The van der Waals surface area contributed by atoms with Crippen molar-refractivity contribution in [2.75, 3.05) is 31.2 Å². The summed E-state index contributed by atoms with van der Waals surface area (Å²) in [7, 11) is 0. The third-order valence-corrected chi connectivity index (χ3v) is 4.74. The van der Waals surface area contributed by atoms with E-state index < -0.39 is 6.10 Å². The van der Waals surface area contributed by atoms with Gasteiger partial charge in [-0.2, -0.15) is 5.26 Å². The number of benzene rings is 1. The summed E-state index contributed by atoms with van der Waals surface area (Å²) in [6, 6.07) is 9.79. The quantitative estimate of drug-likeness (QED) is 0.894. The minimum absolute atomic E-state index is 0.0803. The van der Waals surface area contributed by atoms with Crippen molar-refractivity contribution in [3.63, 3.8) is 0 Å². The van der Waals surface area contributed by atoms with Crippen LogP contribution in [0.4, 0.5) is 5.69 Å². The molecule has 0 saturated carbocycles. The SMILES string of the molecule is C[C@@H]1CN(c2ccc(C#N)c3ncccc23)C[C@H](C(=O)NC2COC2)O1. The number of rotatable bonds is 3. The molecule has 2 aliphatic rings. The Morgan fingerprint density at radius 2 is 2.19 bits per heavy atom. The standard InChI is InChI=1S/C19H20N4O3/c1-12-8-23(9-17(26-12)19(24)22-14-10-25-11-14)16-5-4-13(7-20)18-15(16)3-2-6-21-18/h2-6,12,14,17H,8-11H2,1H3,(H,22,24)/t12-,17-/m1/s1. The number of anilines is 1. The fourth-order valence-electron chi connectivity index (χ4n) is 3.43. The molecule has 1 aromatic heterocycles. The highest BCUT2D eigenvalue weighted by Crippen LogP contribution is 2.30. The van der Waals surface area contributed by atoms with Crippen LogP contribution in [0.15, 0.2) is 30.5 Å². The Hall–Kier alpha value is -2.69. The molecule has 26 heavy (non-hydrogen) atoms. The van der Waals surface area contributed by atoms with Crippen LogP contribution in [0.25, 0.3) is 10.9 Å². The Morgan fingerprint density at radius 3 is 2.92 bits per heavy atom. The molecule has 0 unspecified atom stereocenters. The molecule has 0 bridgehead atoms. The van der Waals surface area contributed by atoms with E-state index in [0.717, 1.165) is 11.1 Å². The molecule has 2 aliphatic heterocycles. The summed E-state index contributed by atoms with van der Waals surface area (Å²) < 4.78 is 11.0. The number of aromatic nitrogens is 1. The van der Waals surface area contributed by atoms with Crippen molar-refractivity contribution in [1.82, 2.24) is 10.3 Å². The van der Waals surface area contributed by atoms with Crippen molar-refractivity contribution in [3.05, 3.63) is 36.0 Å². The zero-order valence-corrected chi connectivity index (χ0v) is 14.5. The Kier molecular flexibility index (Phi) is 4.45. The lowest BCUT2D eigenvalue weighted by molar-refractivity contribution is -0.141. The number of nitriles is 1. The molecular weight excluding hydrogens is 332 g/mol.